The summed E-state index contributed by atoms with van der Waals surface area (Å²) in [6.07, 6.45) is 0. The Labute approximate surface area is 95.6 Å². The predicted octanol–water partition coefficient (Wildman–Crippen LogP) is 1.71. The first-order chi connectivity index (χ1) is 8.06. The maximum Gasteiger partial charge on any atom is 0.371 e. The number of carboxylic acid groups (broad SMARTS) is 1. The largest absolute Gasteiger partial charge is 0.508 e. The van der Waals surface area contributed by atoms with Gasteiger partial charge in [0.25, 0.3) is 0 Å². The number of carboxylic acids is 1. The quantitative estimate of drug-likeness (QED) is 0.822. The molecule has 1 heterocycles. The van der Waals surface area contributed by atoms with Gasteiger partial charge in [0.2, 0.25) is 5.76 Å². The van der Waals surface area contributed by atoms with Crippen LogP contribution in [0.3, 0.4) is 0 Å². The maximum atomic E-state index is 11.3. The van der Waals surface area contributed by atoms with Crippen molar-refractivity contribution in [2.75, 3.05) is 0 Å². The first-order valence-electron chi connectivity index (χ1n) is 4.74. The van der Waals surface area contributed by atoms with Gasteiger partial charge < -0.3 is 14.6 Å². The molecule has 5 heteroatoms. The van der Waals surface area contributed by atoms with Crippen LogP contribution in [0.2, 0.25) is 0 Å². The Morgan fingerprint density at radius 1 is 1.12 bits per heavy atom. The normalized spacial score (nSPS) is 10.1. The van der Waals surface area contributed by atoms with Gasteiger partial charge in [-0.3, -0.25) is 4.79 Å². The van der Waals surface area contributed by atoms with Crippen LogP contribution in [-0.4, -0.2) is 16.2 Å². The molecule has 0 atom stereocenters. The fourth-order valence-corrected chi connectivity index (χ4v) is 1.35. The number of hydrogen-bond acceptors (Lipinski definition) is 4. The summed E-state index contributed by atoms with van der Waals surface area (Å²) in [6, 6.07) is 8.00. The lowest BCUT2D eigenvalue weighted by molar-refractivity contribution is 0.0660. The highest BCUT2D eigenvalue weighted by Gasteiger charge is 2.10. The Bertz CT molecular complexity index is 610. The third-order valence-electron chi connectivity index (χ3n) is 2.13. The van der Waals surface area contributed by atoms with Crippen molar-refractivity contribution in [1.29, 1.82) is 0 Å². The molecule has 0 saturated heterocycles. The summed E-state index contributed by atoms with van der Waals surface area (Å²) in [5, 5.41) is 17.9. The highest BCUT2D eigenvalue weighted by Crippen LogP contribution is 2.21. The minimum absolute atomic E-state index is 0.0745. The van der Waals surface area contributed by atoms with Crippen LogP contribution in [0.25, 0.3) is 11.3 Å². The summed E-state index contributed by atoms with van der Waals surface area (Å²) in [5.41, 5.74) is 0.0692. The van der Waals surface area contributed by atoms with Crippen LogP contribution in [0.4, 0.5) is 0 Å². The van der Waals surface area contributed by atoms with E-state index in [-0.39, 0.29) is 11.5 Å². The van der Waals surface area contributed by atoms with E-state index in [0.717, 1.165) is 6.07 Å². The number of benzene rings is 1. The summed E-state index contributed by atoms with van der Waals surface area (Å²) in [5.74, 6) is -1.50. The van der Waals surface area contributed by atoms with E-state index in [1.165, 1.54) is 30.3 Å². The van der Waals surface area contributed by atoms with Crippen LogP contribution < -0.4 is 5.43 Å². The number of rotatable bonds is 2. The topological polar surface area (TPSA) is 87.7 Å². The first kappa shape index (κ1) is 10.9. The van der Waals surface area contributed by atoms with E-state index in [9.17, 15) is 9.59 Å². The van der Waals surface area contributed by atoms with Gasteiger partial charge in [-0.05, 0) is 24.3 Å². The molecule has 0 amide bonds. The van der Waals surface area contributed by atoms with Gasteiger partial charge in [0.1, 0.15) is 11.5 Å². The third kappa shape index (κ3) is 2.34. The molecule has 0 unspecified atom stereocenters. The zero-order valence-corrected chi connectivity index (χ0v) is 8.58. The Hall–Kier alpha value is -2.56. The molecule has 17 heavy (non-hydrogen) atoms. The second-order valence-electron chi connectivity index (χ2n) is 3.37. The number of phenolic OH excluding ortho intramolecular Hbond substituents is 1. The van der Waals surface area contributed by atoms with Crippen LogP contribution in [-0.2, 0) is 0 Å². The molecule has 2 rings (SSSR count). The molecule has 1 aromatic carbocycles. The number of aromatic hydroxyl groups is 1. The molecule has 0 radical (unpaired) electrons. The van der Waals surface area contributed by atoms with Gasteiger partial charge in [-0.25, -0.2) is 4.79 Å². The lowest BCUT2D eigenvalue weighted by Crippen LogP contribution is -2.05. The lowest BCUT2D eigenvalue weighted by Gasteiger charge is -2.01. The molecule has 2 N–H and O–H groups in total. The van der Waals surface area contributed by atoms with E-state index in [0.29, 0.717) is 5.56 Å². The highest BCUT2D eigenvalue weighted by atomic mass is 16.4. The third-order valence-corrected chi connectivity index (χ3v) is 2.13. The van der Waals surface area contributed by atoms with Gasteiger partial charge in [-0.1, -0.05) is 0 Å². The average molecular weight is 232 g/mol. The number of carbonyl (C=O) groups is 1. The zero-order chi connectivity index (χ0) is 12.4. The smallest absolute Gasteiger partial charge is 0.371 e. The Kier molecular flexibility index (Phi) is 2.66. The molecular weight excluding hydrogens is 224 g/mol. The monoisotopic (exact) mass is 232 g/mol. The molecule has 0 spiro atoms. The molecule has 0 bridgehead atoms. The molecular formula is C12H8O5. The van der Waals surface area contributed by atoms with Crippen molar-refractivity contribution in [3.05, 3.63) is 52.4 Å². The van der Waals surface area contributed by atoms with Crippen LogP contribution >= 0.6 is 0 Å². The van der Waals surface area contributed by atoms with Crippen molar-refractivity contribution < 1.29 is 19.4 Å². The lowest BCUT2D eigenvalue weighted by atomic mass is 10.1. The molecule has 0 aliphatic carbocycles. The second kappa shape index (κ2) is 4.13. The predicted molar refractivity (Wildman–Crippen MR) is 59.0 cm³/mol. The molecule has 0 saturated carbocycles. The van der Waals surface area contributed by atoms with Crippen molar-refractivity contribution >= 4 is 5.97 Å². The van der Waals surface area contributed by atoms with E-state index in [1.807, 2.05) is 0 Å². The summed E-state index contributed by atoms with van der Waals surface area (Å²) < 4.78 is 5.06. The van der Waals surface area contributed by atoms with Crippen LogP contribution in [0.5, 0.6) is 5.75 Å². The summed E-state index contributed by atoms with van der Waals surface area (Å²) in [4.78, 5) is 22.0. The SMILES string of the molecule is O=C(O)c1cc(=O)cc(-c2ccc(O)cc2)o1. The fraction of sp³-hybridized carbons (Fsp3) is 0. The molecule has 2 aromatic rings. The van der Waals surface area contributed by atoms with Gasteiger partial charge in [0, 0.05) is 17.7 Å². The van der Waals surface area contributed by atoms with Crippen molar-refractivity contribution in [2.45, 2.75) is 0 Å². The van der Waals surface area contributed by atoms with E-state index < -0.39 is 17.2 Å². The number of phenols is 1. The zero-order valence-electron chi connectivity index (χ0n) is 8.58. The summed E-state index contributed by atoms with van der Waals surface area (Å²) in [6.45, 7) is 0. The van der Waals surface area contributed by atoms with Gasteiger partial charge in [0.15, 0.2) is 5.43 Å². The van der Waals surface area contributed by atoms with Crippen LogP contribution in [0.15, 0.2) is 45.6 Å². The standard InChI is InChI=1S/C12H8O5/c13-8-3-1-7(2-4-8)10-5-9(14)6-11(17-10)12(15)16/h1-6,13H,(H,15,16). The molecule has 0 aliphatic heterocycles. The molecule has 86 valence electrons. The molecule has 0 fully saturated rings. The van der Waals surface area contributed by atoms with E-state index in [1.54, 1.807) is 0 Å². The second-order valence-corrected chi connectivity index (χ2v) is 3.37. The fourth-order valence-electron chi connectivity index (χ4n) is 1.35. The van der Waals surface area contributed by atoms with Crippen molar-refractivity contribution in [2.24, 2.45) is 0 Å². The first-order valence-corrected chi connectivity index (χ1v) is 4.74. The van der Waals surface area contributed by atoms with E-state index in [4.69, 9.17) is 14.6 Å². The molecule has 1 aromatic heterocycles. The minimum Gasteiger partial charge on any atom is -0.508 e. The number of hydrogen-bond donors (Lipinski definition) is 2. The van der Waals surface area contributed by atoms with Gasteiger partial charge >= 0.3 is 5.97 Å². The number of aromatic carboxylic acids is 1. The minimum atomic E-state index is -1.30. The average Bonchev–Trinajstić information content (AvgIpc) is 2.29. The molecule has 0 aliphatic rings. The van der Waals surface area contributed by atoms with Gasteiger partial charge in [0.05, 0.1) is 0 Å². The van der Waals surface area contributed by atoms with Crippen molar-refractivity contribution in [1.82, 2.24) is 0 Å². The van der Waals surface area contributed by atoms with Gasteiger partial charge in [-0.2, -0.15) is 0 Å². The van der Waals surface area contributed by atoms with E-state index >= 15 is 0 Å². The Balaban J connectivity index is 2.55. The van der Waals surface area contributed by atoms with Crippen LogP contribution in [0.1, 0.15) is 10.6 Å². The Morgan fingerprint density at radius 3 is 2.35 bits per heavy atom. The summed E-state index contributed by atoms with van der Waals surface area (Å²) in [7, 11) is 0. The van der Waals surface area contributed by atoms with Gasteiger partial charge in [-0.15, -0.1) is 0 Å². The van der Waals surface area contributed by atoms with Crippen molar-refractivity contribution in [3.8, 4) is 17.1 Å². The van der Waals surface area contributed by atoms with Crippen LogP contribution in [0, 0.1) is 0 Å². The van der Waals surface area contributed by atoms with E-state index in [2.05, 4.69) is 0 Å². The van der Waals surface area contributed by atoms with Crippen molar-refractivity contribution in [3.63, 3.8) is 0 Å². The summed E-state index contributed by atoms with van der Waals surface area (Å²) >= 11 is 0. The molecule has 5 nitrogen and oxygen atoms in total. The maximum absolute atomic E-state index is 11.3. The highest BCUT2D eigenvalue weighted by molar-refractivity contribution is 5.84. The Morgan fingerprint density at radius 2 is 1.76 bits per heavy atom.